The summed E-state index contributed by atoms with van der Waals surface area (Å²) in [5, 5.41) is 6.78. The standard InChI is InChI=1S/C29H33N7O2/c1-21-4-3-5-23(16-21)17-26(37)24-7-6-22(2)25(18-24)34-29-31-9-11-36(29)28-19-27(32-20-33-28)30-8-10-35-12-14-38-15-13-35/h3-7,9,11,16,18-20H,8,10,12-15,17H2,1-2H3,(H,31,34)(H,30,32,33). The van der Waals surface area contributed by atoms with E-state index in [-0.39, 0.29) is 5.78 Å². The van der Waals surface area contributed by atoms with Gasteiger partial charge in [-0.15, -0.1) is 0 Å². The Labute approximate surface area is 222 Å². The van der Waals surface area contributed by atoms with Crippen LogP contribution in [0.1, 0.15) is 27.0 Å². The number of carbonyl (C=O) groups is 1. The summed E-state index contributed by atoms with van der Waals surface area (Å²) in [5.41, 5.74) is 4.66. The highest BCUT2D eigenvalue weighted by atomic mass is 16.5. The first-order valence-corrected chi connectivity index (χ1v) is 12.9. The summed E-state index contributed by atoms with van der Waals surface area (Å²) in [6.45, 7) is 9.25. The molecule has 4 aromatic rings. The summed E-state index contributed by atoms with van der Waals surface area (Å²) in [6, 6.07) is 15.7. The van der Waals surface area contributed by atoms with Crippen LogP contribution in [-0.2, 0) is 11.2 Å². The van der Waals surface area contributed by atoms with Gasteiger partial charge in [0.25, 0.3) is 0 Å². The fourth-order valence-corrected chi connectivity index (χ4v) is 4.48. The minimum Gasteiger partial charge on any atom is -0.379 e. The number of imidazole rings is 1. The van der Waals surface area contributed by atoms with Crippen molar-refractivity contribution in [3.8, 4) is 5.82 Å². The number of anilines is 3. The molecule has 0 aliphatic carbocycles. The maximum Gasteiger partial charge on any atom is 0.213 e. The second kappa shape index (κ2) is 12.0. The Balaban J connectivity index is 1.27. The molecular weight excluding hydrogens is 478 g/mol. The van der Waals surface area contributed by atoms with Gasteiger partial charge in [0.05, 0.1) is 13.2 Å². The summed E-state index contributed by atoms with van der Waals surface area (Å²) >= 11 is 0. The summed E-state index contributed by atoms with van der Waals surface area (Å²) in [6.07, 6.45) is 5.48. The monoisotopic (exact) mass is 511 g/mol. The van der Waals surface area contributed by atoms with Crippen molar-refractivity contribution in [2.75, 3.05) is 50.0 Å². The molecule has 1 aliphatic rings. The molecule has 0 atom stereocenters. The SMILES string of the molecule is Cc1cccc(CC(=O)c2ccc(C)c(Nc3nccn3-c3cc(NCCN4CCOCC4)ncn3)c2)c1. The second-order valence-electron chi connectivity index (χ2n) is 9.51. The van der Waals surface area contributed by atoms with Crippen molar-refractivity contribution in [2.45, 2.75) is 20.3 Å². The van der Waals surface area contributed by atoms with Gasteiger partial charge in [-0.05, 0) is 31.0 Å². The third-order valence-corrected chi connectivity index (χ3v) is 6.63. The summed E-state index contributed by atoms with van der Waals surface area (Å²) < 4.78 is 7.29. The molecule has 0 radical (unpaired) electrons. The zero-order valence-corrected chi connectivity index (χ0v) is 21.9. The zero-order valence-electron chi connectivity index (χ0n) is 21.9. The molecular formula is C29H33N7O2. The van der Waals surface area contributed by atoms with Crippen molar-refractivity contribution in [1.82, 2.24) is 24.4 Å². The van der Waals surface area contributed by atoms with Crippen LogP contribution in [0.15, 0.2) is 67.3 Å². The molecule has 1 saturated heterocycles. The van der Waals surface area contributed by atoms with Crippen LogP contribution in [0.5, 0.6) is 0 Å². The fourth-order valence-electron chi connectivity index (χ4n) is 4.48. The van der Waals surface area contributed by atoms with Crippen molar-refractivity contribution in [3.63, 3.8) is 0 Å². The lowest BCUT2D eigenvalue weighted by molar-refractivity contribution is 0.0398. The summed E-state index contributed by atoms with van der Waals surface area (Å²) in [5.74, 6) is 2.13. The van der Waals surface area contributed by atoms with Crippen LogP contribution in [0.4, 0.5) is 17.5 Å². The Morgan fingerprint density at radius 2 is 1.89 bits per heavy atom. The Hall–Kier alpha value is -4.08. The number of ether oxygens (including phenoxy) is 1. The van der Waals surface area contributed by atoms with Gasteiger partial charge in [-0.2, -0.15) is 0 Å². The molecule has 9 heteroatoms. The van der Waals surface area contributed by atoms with Crippen molar-refractivity contribution in [3.05, 3.63) is 89.5 Å². The first-order valence-electron chi connectivity index (χ1n) is 12.9. The molecule has 2 aromatic heterocycles. The van der Waals surface area contributed by atoms with Crippen LogP contribution in [-0.4, -0.2) is 69.6 Å². The van der Waals surface area contributed by atoms with E-state index in [1.165, 1.54) is 0 Å². The van der Waals surface area contributed by atoms with Gasteiger partial charge in [0, 0.05) is 62.3 Å². The lowest BCUT2D eigenvalue weighted by atomic mass is 10.00. The van der Waals surface area contributed by atoms with E-state index in [0.717, 1.165) is 67.6 Å². The molecule has 1 fully saturated rings. The molecule has 0 amide bonds. The topological polar surface area (TPSA) is 97.2 Å². The maximum absolute atomic E-state index is 13.0. The number of hydrogen-bond donors (Lipinski definition) is 2. The molecule has 3 heterocycles. The predicted octanol–water partition coefficient (Wildman–Crippen LogP) is 4.19. The molecule has 38 heavy (non-hydrogen) atoms. The highest BCUT2D eigenvalue weighted by Crippen LogP contribution is 2.24. The molecule has 196 valence electrons. The zero-order chi connectivity index (χ0) is 26.3. The minimum absolute atomic E-state index is 0.0746. The summed E-state index contributed by atoms with van der Waals surface area (Å²) in [7, 11) is 0. The number of carbonyl (C=O) groups excluding carboxylic acids is 1. The molecule has 0 bridgehead atoms. The number of nitrogens with one attached hydrogen (secondary N) is 2. The van der Waals surface area contributed by atoms with E-state index in [0.29, 0.717) is 23.8 Å². The average Bonchev–Trinajstić information content (AvgIpc) is 3.39. The molecule has 9 nitrogen and oxygen atoms in total. The first kappa shape index (κ1) is 25.6. The van der Waals surface area contributed by atoms with Crippen LogP contribution in [0.25, 0.3) is 5.82 Å². The number of Topliss-reactive ketones (excluding diaryl/α,β-unsaturated/α-hetero) is 1. The van der Waals surface area contributed by atoms with Crippen LogP contribution >= 0.6 is 0 Å². The maximum atomic E-state index is 13.0. The van der Waals surface area contributed by atoms with Gasteiger partial charge in [-0.1, -0.05) is 42.0 Å². The van der Waals surface area contributed by atoms with Crippen LogP contribution in [0, 0.1) is 13.8 Å². The number of benzene rings is 2. The van der Waals surface area contributed by atoms with Crippen molar-refractivity contribution in [1.29, 1.82) is 0 Å². The van der Waals surface area contributed by atoms with Crippen molar-refractivity contribution in [2.24, 2.45) is 0 Å². The van der Waals surface area contributed by atoms with E-state index >= 15 is 0 Å². The van der Waals surface area contributed by atoms with E-state index < -0.39 is 0 Å². The Bertz CT molecular complexity index is 1400. The molecule has 2 aromatic carbocycles. The van der Waals surface area contributed by atoms with Gasteiger partial charge in [0.2, 0.25) is 5.95 Å². The van der Waals surface area contributed by atoms with Crippen LogP contribution in [0.3, 0.4) is 0 Å². The molecule has 2 N–H and O–H groups in total. The number of aryl methyl sites for hydroxylation is 2. The third-order valence-electron chi connectivity index (χ3n) is 6.63. The van der Waals surface area contributed by atoms with E-state index in [9.17, 15) is 4.79 Å². The summed E-state index contributed by atoms with van der Waals surface area (Å²) in [4.78, 5) is 28.7. The largest absolute Gasteiger partial charge is 0.379 e. The number of hydrogen-bond acceptors (Lipinski definition) is 8. The van der Waals surface area contributed by atoms with Gasteiger partial charge in [0.15, 0.2) is 5.78 Å². The molecule has 0 unspecified atom stereocenters. The van der Waals surface area contributed by atoms with Gasteiger partial charge in [-0.3, -0.25) is 14.3 Å². The van der Waals surface area contributed by atoms with Gasteiger partial charge >= 0.3 is 0 Å². The van der Waals surface area contributed by atoms with Crippen LogP contribution in [0.2, 0.25) is 0 Å². The van der Waals surface area contributed by atoms with Gasteiger partial charge in [-0.25, -0.2) is 15.0 Å². The number of ketones is 1. The molecule has 1 aliphatic heterocycles. The average molecular weight is 512 g/mol. The van der Waals surface area contributed by atoms with Gasteiger partial charge in [0.1, 0.15) is 18.0 Å². The van der Waals surface area contributed by atoms with E-state index in [4.69, 9.17) is 4.74 Å². The van der Waals surface area contributed by atoms with Crippen molar-refractivity contribution < 1.29 is 9.53 Å². The Morgan fingerprint density at radius 1 is 1.03 bits per heavy atom. The Morgan fingerprint density at radius 3 is 2.74 bits per heavy atom. The van der Waals surface area contributed by atoms with Crippen LogP contribution < -0.4 is 10.6 Å². The van der Waals surface area contributed by atoms with E-state index in [2.05, 4.69) is 36.6 Å². The second-order valence-corrected chi connectivity index (χ2v) is 9.51. The number of nitrogens with zero attached hydrogens (tertiary/aromatic N) is 5. The normalized spacial score (nSPS) is 13.8. The smallest absolute Gasteiger partial charge is 0.213 e. The van der Waals surface area contributed by atoms with E-state index in [1.54, 1.807) is 12.5 Å². The van der Waals surface area contributed by atoms with E-state index in [1.807, 2.05) is 67.1 Å². The lowest BCUT2D eigenvalue weighted by Gasteiger charge is -2.26. The highest BCUT2D eigenvalue weighted by molar-refractivity contribution is 5.98. The quantitative estimate of drug-likeness (QED) is 0.306. The minimum atomic E-state index is 0.0746. The highest BCUT2D eigenvalue weighted by Gasteiger charge is 2.14. The fraction of sp³-hybridized carbons (Fsp3) is 0.310. The number of aromatic nitrogens is 4. The molecule has 5 rings (SSSR count). The number of rotatable bonds is 10. The predicted molar refractivity (Wildman–Crippen MR) is 149 cm³/mol. The first-order chi connectivity index (χ1) is 18.5. The van der Waals surface area contributed by atoms with Crippen molar-refractivity contribution >= 4 is 23.2 Å². The Kier molecular flexibility index (Phi) is 8.06. The van der Waals surface area contributed by atoms with Gasteiger partial charge < -0.3 is 15.4 Å². The lowest BCUT2D eigenvalue weighted by Crippen LogP contribution is -2.39. The molecule has 0 saturated carbocycles. The number of morpholine rings is 1. The third kappa shape index (κ3) is 6.42. The molecule has 0 spiro atoms.